The minimum absolute atomic E-state index is 0.126. The second-order valence-corrected chi connectivity index (χ2v) is 9.10. The first-order chi connectivity index (χ1) is 13.9. The zero-order valence-corrected chi connectivity index (χ0v) is 20.2. The highest BCUT2D eigenvalue weighted by atomic mass is 79.9. The van der Waals surface area contributed by atoms with Crippen LogP contribution in [0.3, 0.4) is 0 Å². The molecule has 2 aromatic carbocycles. The monoisotopic (exact) mass is 516 g/mol. The quantitative estimate of drug-likeness (QED) is 0.474. The first-order valence-electron chi connectivity index (χ1n) is 9.13. The molecular formula is C21H23BrCl2N2O2S. The number of hydrogen-bond donors (Lipinski definition) is 1. The van der Waals surface area contributed by atoms with Crippen molar-refractivity contribution in [3.05, 3.63) is 68.1 Å². The average Bonchev–Trinajstić information content (AvgIpc) is 2.71. The molecule has 0 aliphatic rings. The molecule has 0 radical (unpaired) electrons. The summed E-state index contributed by atoms with van der Waals surface area (Å²) in [6.45, 7) is 2.06. The summed E-state index contributed by atoms with van der Waals surface area (Å²) < 4.78 is 1.02. The van der Waals surface area contributed by atoms with Crippen LogP contribution >= 0.6 is 50.9 Å². The molecule has 2 aromatic rings. The van der Waals surface area contributed by atoms with E-state index in [1.54, 1.807) is 30.1 Å². The molecule has 1 atom stereocenters. The topological polar surface area (TPSA) is 49.4 Å². The van der Waals surface area contributed by atoms with Crippen molar-refractivity contribution in [3.8, 4) is 0 Å². The van der Waals surface area contributed by atoms with Gasteiger partial charge in [-0.1, -0.05) is 64.3 Å². The summed E-state index contributed by atoms with van der Waals surface area (Å²) >= 11 is 17.5. The van der Waals surface area contributed by atoms with Crippen molar-refractivity contribution in [1.82, 2.24) is 10.2 Å². The van der Waals surface area contributed by atoms with Crippen LogP contribution in [0, 0.1) is 0 Å². The van der Waals surface area contributed by atoms with Gasteiger partial charge < -0.3 is 10.2 Å². The SMILES string of the molecule is CC[C@@H](C(=O)NC)N(Cc1c(Cl)cccc1Cl)C(=O)CSCc1ccc(Br)cc1. The van der Waals surface area contributed by atoms with Crippen molar-refractivity contribution >= 4 is 62.7 Å². The lowest BCUT2D eigenvalue weighted by atomic mass is 10.1. The fraction of sp³-hybridized carbons (Fsp3) is 0.333. The standard InChI is InChI=1S/C21H23BrCl2N2O2S/c1-3-19(21(28)25-2)26(11-16-17(23)5-4-6-18(16)24)20(27)13-29-12-14-7-9-15(22)10-8-14/h4-10,19H,3,11-13H2,1-2H3,(H,25,28)/t19-/m0/s1. The lowest BCUT2D eigenvalue weighted by molar-refractivity contribution is -0.139. The normalized spacial score (nSPS) is 11.8. The Bertz CT molecular complexity index is 829. The molecule has 0 bridgehead atoms. The second-order valence-electron chi connectivity index (χ2n) is 6.38. The molecule has 0 spiro atoms. The van der Waals surface area contributed by atoms with E-state index in [0.29, 0.717) is 27.8 Å². The molecule has 29 heavy (non-hydrogen) atoms. The van der Waals surface area contributed by atoms with E-state index in [9.17, 15) is 9.59 Å². The molecule has 0 saturated heterocycles. The van der Waals surface area contributed by atoms with E-state index in [4.69, 9.17) is 23.2 Å². The second kappa shape index (κ2) is 11.8. The average molecular weight is 518 g/mol. The summed E-state index contributed by atoms with van der Waals surface area (Å²) in [5, 5.41) is 3.60. The summed E-state index contributed by atoms with van der Waals surface area (Å²) in [5.41, 5.74) is 1.77. The Kier molecular flexibility index (Phi) is 9.83. The minimum atomic E-state index is -0.590. The van der Waals surface area contributed by atoms with Crippen LogP contribution in [0.4, 0.5) is 0 Å². The highest BCUT2D eigenvalue weighted by Gasteiger charge is 2.29. The van der Waals surface area contributed by atoms with Crippen molar-refractivity contribution in [3.63, 3.8) is 0 Å². The van der Waals surface area contributed by atoms with E-state index in [2.05, 4.69) is 21.2 Å². The van der Waals surface area contributed by atoms with Gasteiger partial charge in [0.15, 0.2) is 0 Å². The summed E-state index contributed by atoms with van der Waals surface area (Å²) in [7, 11) is 1.57. The summed E-state index contributed by atoms with van der Waals surface area (Å²) in [5.74, 6) is 0.628. The van der Waals surface area contributed by atoms with Gasteiger partial charge in [0.05, 0.1) is 5.75 Å². The van der Waals surface area contributed by atoms with Gasteiger partial charge in [-0.2, -0.15) is 0 Å². The molecule has 156 valence electrons. The first-order valence-corrected chi connectivity index (χ1v) is 11.8. The molecule has 0 fully saturated rings. The molecule has 2 amide bonds. The van der Waals surface area contributed by atoms with Crippen LogP contribution in [-0.4, -0.2) is 35.6 Å². The number of halogens is 3. The third-order valence-corrected chi connectivity index (χ3v) is 6.66. The van der Waals surface area contributed by atoms with E-state index >= 15 is 0 Å². The van der Waals surface area contributed by atoms with Crippen LogP contribution in [0.2, 0.25) is 10.0 Å². The third-order valence-electron chi connectivity index (χ3n) is 4.43. The highest BCUT2D eigenvalue weighted by Crippen LogP contribution is 2.27. The predicted octanol–water partition coefficient (Wildman–Crippen LogP) is 5.54. The molecule has 0 heterocycles. The summed E-state index contributed by atoms with van der Waals surface area (Å²) in [4.78, 5) is 27.0. The molecule has 4 nitrogen and oxygen atoms in total. The Morgan fingerprint density at radius 1 is 1.14 bits per heavy atom. The summed E-state index contributed by atoms with van der Waals surface area (Å²) in [6.07, 6.45) is 0.491. The fourth-order valence-corrected chi connectivity index (χ4v) is 4.51. The Labute approximate surface area is 194 Å². The molecule has 0 saturated carbocycles. The summed E-state index contributed by atoms with van der Waals surface area (Å²) in [6, 6.07) is 12.6. The van der Waals surface area contributed by atoms with Gasteiger partial charge in [0.25, 0.3) is 0 Å². The number of benzene rings is 2. The van der Waals surface area contributed by atoms with Crippen molar-refractivity contribution in [1.29, 1.82) is 0 Å². The number of rotatable bonds is 9. The number of amides is 2. The van der Waals surface area contributed by atoms with Gasteiger partial charge in [-0.25, -0.2) is 0 Å². The molecule has 0 aliphatic carbocycles. The number of hydrogen-bond acceptors (Lipinski definition) is 3. The Balaban J connectivity index is 2.15. The Hall–Kier alpha value is -1.21. The first kappa shape index (κ1) is 24.1. The molecule has 0 aromatic heterocycles. The Morgan fingerprint density at radius 2 is 1.76 bits per heavy atom. The van der Waals surface area contributed by atoms with Crippen molar-refractivity contribution < 1.29 is 9.59 Å². The van der Waals surface area contributed by atoms with Gasteiger partial charge in [-0.15, -0.1) is 11.8 Å². The van der Waals surface area contributed by atoms with Crippen LogP contribution in [0.5, 0.6) is 0 Å². The van der Waals surface area contributed by atoms with Crippen LogP contribution in [-0.2, 0) is 21.9 Å². The van der Waals surface area contributed by atoms with Gasteiger partial charge in [0.2, 0.25) is 11.8 Å². The number of thioether (sulfide) groups is 1. The maximum Gasteiger partial charge on any atom is 0.242 e. The van der Waals surface area contributed by atoms with E-state index < -0.39 is 6.04 Å². The lowest BCUT2D eigenvalue weighted by Gasteiger charge is -2.30. The largest absolute Gasteiger partial charge is 0.357 e. The van der Waals surface area contributed by atoms with Crippen molar-refractivity contribution in [2.24, 2.45) is 0 Å². The van der Waals surface area contributed by atoms with E-state index in [1.807, 2.05) is 31.2 Å². The van der Waals surface area contributed by atoms with Crippen LogP contribution in [0.15, 0.2) is 46.9 Å². The number of likely N-dealkylation sites (N-methyl/N-ethyl adjacent to an activating group) is 1. The molecule has 0 unspecified atom stereocenters. The Morgan fingerprint density at radius 3 is 2.31 bits per heavy atom. The van der Waals surface area contributed by atoms with Crippen molar-refractivity contribution in [2.75, 3.05) is 12.8 Å². The molecule has 0 aliphatic heterocycles. The van der Waals surface area contributed by atoms with E-state index in [1.165, 1.54) is 11.8 Å². The van der Waals surface area contributed by atoms with Gasteiger partial charge >= 0.3 is 0 Å². The molecule has 1 N–H and O–H groups in total. The highest BCUT2D eigenvalue weighted by molar-refractivity contribution is 9.10. The molecular weight excluding hydrogens is 495 g/mol. The van der Waals surface area contributed by atoms with Crippen LogP contribution in [0.1, 0.15) is 24.5 Å². The van der Waals surface area contributed by atoms with E-state index in [0.717, 1.165) is 10.0 Å². The minimum Gasteiger partial charge on any atom is -0.357 e. The predicted molar refractivity (Wildman–Crippen MR) is 125 cm³/mol. The zero-order chi connectivity index (χ0) is 21.4. The molecule has 8 heteroatoms. The molecule has 2 rings (SSSR count). The maximum absolute atomic E-state index is 13.1. The smallest absolute Gasteiger partial charge is 0.242 e. The van der Waals surface area contributed by atoms with Crippen LogP contribution < -0.4 is 5.32 Å². The third kappa shape index (κ3) is 6.92. The van der Waals surface area contributed by atoms with Gasteiger partial charge in [0.1, 0.15) is 6.04 Å². The van der Waals surface area contributed by atoms with Gasteiger partial charge in [-0.3, -0.25) is 9.59 Å². The number of nitrogens with zero attached hydrogens (tertiary/aromatic N) is 1. The zero-order valence-electron chi connectivity index (χ0n) is 16.3. The van der Waals surface area contributed by atoms with Crippen molar-refractivity contribution in [2.45, 2.75) is 31.7 Å². The number of carbonyl (C=O) groups excluding carboxylic acids is 2. The van der Waals surface area contributed by atoms with E-state index in [-0.39, 0.29) is 24.1 Å². The fourth-order valence-electron chi connectivity index (χ4n) is 2.86. The maximum atomic E-state index is 13.1. The van der Waals surface area contributed by atoms with Gasteiger partial charge in [-0.05, 0) is 36.2 Å². The van der Waals surface area contributed by atoms with Gasteiger partial charge in [0, 0.05) is 39.4 Å². The number of nitrogens with one attached hydrogen (secondary N) is 1. The lowest BCUT2D eigenvalue weighted by Crippen LogP contribution is -2.48. The van der Waals surface area contributed by atoms with Crippen LogP contribution in [0.25, 0.3) is 0 Å². The number of carbonyl (C=O) groups is 2.